The second-order valence-corrected chi connectivity index (χ2v) is 4.72. The van der Waals surface area contributed by atoms with Crippen molar-refractivity contribution in [2.45, 2.75) is 13.3 Å². The number of methoxy groups -OCH3 is 1. The van der Waals surface area contributed by atoms with Crippen molar-refractivity contribution in [3.8, 4) is 0 Å². The van der Waals surface area contributed by atoms with Gasteiger partial charge in [0.25, 0.3) is 0 Å². The molecule has 0 bridgehead atoms. The number of hydrogen-bond donors (Lipinski definition) is 2. The molecule has 0 unspecified atom stereocenters. The molecule has 0 aliphatic heterocycles. The highest BCUT2D eigenvalue weighted by atomic mass is 79.9. The van der Waals surface area contributed by atoms with Gasteiger partial charge < -0.3 is 15.4 Å². The lowest BCUT2D eigenvalue weighted by molar-refractivity contribution is -0.121. The molecule has 0 saturated heterocycles. The Morgan fingerprint density at radius 3 is 2.94 bits per heavy atom. The number of anilines is 1. The van der Waals surface area contributed by atoms with Gasteiger partial charge in [-0.2, -0.15) is 0 Å². The predicted octanol–water partition coefficient (Wildman–Crippen LogP) is 1.72. The Labute approximate surface area is 115 Å². The van der Waals surface area contributed by atoms with Crippen LogP contribution in [0.4, 0.5) is 5.82 Å². The van der Waals surface area contributed by atoms with Crippen LogP contribution in [-0.2, 0) is 9.53 Å². The first-order valence-corrected chi connectivity index (χ1v) is 6.54. The van der Waals surface area contributed by atoms with Gasteiger partial charge >= 0.3 is 0 Å². The van der Waals surface area contributed by atoms with Crippen LogP contribution >= 0.6 is 15.9 Å². The predicted molar refractivity (Wildman–Crippen MR) is 74.7 cm³/mol. The number of carbonyl (C=O) groups is 1. The maximum atomic E-state index is 11.4. The van der Waals surface area contributed by atoms with Crippen molar-refractivity contribution in [1.29, 1.82) is 0 Å². The van der Waals surface area contributed by atoms with Gasteiger partial charge in [-0.05, 0) is 34.5 Å². The molecule has 100 valence electrons. The first kappa shape index (κ1) is 14.9. The summed E-state index contributed by atoms with van der Waals surface area (Å²) in [6, 6.07) is 1.98. The zero-order valence-electron chi connectivity index (χ0n) is 10.6. The van der Waals surface area contributed by atoms with Gasteiger partial charge in [-0.25, -0.2) is 4.98 Å². The van der Waals surface area contributed by atoms with E-state index in [2.05, 4.69) is 31.5 Å². The highest BCUT2D eigenvalue weighted by Crippen LogP contribution is 2.20. The van der Waals surface area contributed by atoms with Crippen LogP contribution in [0.1, 0.15) is 12.0 Å². The first-order valence-electron chi connectivity index (χ1n) is 5.75. The van der Waals surface area contributed by atoms with Crippen molar-refractivity contribution >= 4 is 27.7 Å². The van der Waals surface area contributed by atoms with Gasteiger partial charge in [-0.3, -0.25) is 4.79 Å². The van der Waals surface area contributed by atoms with Crippen LogP contribution in [0.15, 0.2) is 16.7 Å². The number of nitrogens with one attached hydrogen (secondary N) is 2. The molecule has 0 radical (unpaired) electrons. The normalized spacial score (nSPS) is 10.2. The summed E-state index contributed by atoms with van der Waals surface area (Å²) < 4.78 is 5.75. The molecule has 0 aliphatic rings. The van der Waals surface area contributed by atoms with E-state index in [-0.39, 0.29) is 5.91 Å². The Morgan fingerprint density at radius 1 is 1.50 bits per heavy atom. The van der Waals surface area contributed by atoms with Crippen LogP contribution in [0.25, 0.3) is 0 Å². The molecule has 1 aromatic heterocycles. The minimum atomic E-state index is 0.00258. The molecular weight excluding hydrogens is 298 g/mol. The minimum Gasteiger partial charge on any atom is -0.383 e. The second kappa shape index (κ2) is 8.05. The van der Waals surface area contributed by atoms with E-state index in [1.165, 1.54) is 0 Å². The molecule has 1 amide bonds. The standard InChI is InChI=1S/C12H18BrN3O2/c1-9-7-10(13)12(16-8-9)15-4-3-11(17)14-5-6-18-2/h7-8H,3-6H2,1-2H3,(H,14,17)(H,15,16). The summed E-state index contributed by atoms with van der Waals surface area (Å²) in [5, 5.41) is 5.87. The SMILES string of the molecule is COCCNC(=O)CCNc1ncc(C)cc1Br. The summed E-state index contributed by atoms with van der Waals surface area (Å²) in [4.78, 5) is 15.6. The molecule has 1 heterocycles. The fraction of sp³-hybridized carbons (Fsp3) is 0.500. The van der Waals surface area contributed by atoms with Gasteiger partial charge in [-0.1, -0.05) is 0 Å². The third-order valence-electron chi connectivity index (χ3n) is 2.25. The molecule has 18 heavy (non-hydrogen) atoms. The lowest BCUT2D eigenvalue weighted by Gasteiger charge is -2.08. The Morgan fingerprint density at radius 2 is 2.28 bits per heavy atom. The molecule has 6 heteroatoms. The van der Waals surface area contributed by atoms with Crippen LogP contribution in [0.5, 0.6) is 0 Å². The number of rotatable bonds is 7. The molecule has 0 fully saturated rings. The maximum absolute atomic E-state index is 11.4. The minimum absolute atomic E-state index is 0.00258. The van der Waals surface area contributed by atoms with Crippen LogP contribution in [-0.4, -0.2) is 37.7 Å². The van der Waals surface area contributed by atoms with E-state index in [0.29, 0.717) is 26.1 Å². The summed E-state index contributed by atoms with van der Waals surface area (Å²) in [5.74, 6) is 0.757. The lowest BCUT2D eigenvalue weighted by Crippen LogP contribution is -2.28. The number of amides is 1. The zero-order valence-corrected chi connectivity index (χ0v) is 12.2. The van der Waals surface area contributed by atoms with Gasteiger partial charge in [0.2, 0.25) is 5.91 Å². The topological polar surface area (TPSA) is 63.2 Å². The molecule has 5 nitrogen and oxygen atoms in total. The second-order valence-electron chi connectivity index (χ2n) is 3.86. The van der Waals surface area contributed by atoms with Crippen molar-refractivity contribution in [2.24, 2.45) is 0 Å². The van der Waals surface area contributed by atoms with Gasteiger partial charge in [0.05, 0.1) is 11.1 Å². The van der Waals surface area contributed by atoms with Crippen molar-refractivity contribution in [1.82, 2.24) is 10.3 Å². The van der Waals surface area contributed by atoms with Crippen LogP contribution in [0.2, 0.25) is 0 Å². The van der Waals surface area contributed by atoms with Crippen molar-refractivity contribution in [3.05, 3.63) is 22.3 Å². The largest absolute Gasteiger partial charge is 0.383 e. The summed E-state index contributed by atoms with van der Waals surface area (Å²) in [5.41, 5.74) is 1.09. The van der Waals surface area contributed by atoms with E-state index in [1.807, 2.05) is 13.0 Å². The van der Waals surface area contributed by atoms with Crippen LogP contribution in [0.3, 0.4) is 0 Å². The molecule has 0 atom stereocenters. The molecule has 2 N–H and O–H groups in total. The molecule has 0 aromatic carbocycles. The fourth-order valence-electron chi connectivity index (χ4n) is 1.34. The van der Waals surface area contributed by atoms with E-state index in [9.17, 15) is 4.79 Å². The molecule has 1 aromatic rings. The van der Waals surface area contributed by atoms with E-state index in [1.54, 1.807) is 13.3 Å². The van der Waals surface area contributed by atoms with Gasteiger partial charge in [0, 0.05) is 32.8 Å². The summed E-state index contributed by atoms with van der Waals surface area (Å²) in [6.45, 7) is 3.60. The van der Waals surface area contributed by atoms with E-state index >= 15 is 0 Å². The van der Waals surface area contributed by atoms with Crippen molar-refractivity contribution < 1.29 is 9.53 Å². The summed E-state index contributed by atoms with van der Waals surface area (Å²) >= 11 is 3.42. The number of hydrogen-bond acceptors (Lipinski definition) is 4. The Balaban J connectivity index is 2.26. The number of carbonyl (C=O) groups excluding carboxylic acids is 1. The summed E-state index contributed by atoms with van der Waals surface area (Å²) in [7, 11) is 1.61. The fourth-order valence-corrected chi connectivity index (χ4v) is 1.94. The first-order chi connectivity index (χ1) is 8.63. The monoisotopic (exact) mass is 315 g/mol. The number of aromatic nitrogens is 1. The molecule has 0 saturated carbocycles. The quantitative estimate of drug-likeness (QED) is 0.752. The zero-order chi connectivity index (χ0) is 13.4. The summed E-state index contributed by atoms with van der Waals surface area (Å²) in [6.07, 6.45) is 2.19. The van der Waals surface area contributed by atoms with E-state index in [4.69, 9.17) is 4.74 Å². The van der Waals surface area contributed by atoms with Crippen LogP contribution < -0.4 is 10.6 Å². The molecule has 0 aliphatic carbocycles. The number of pyridine rings is 1. The Bertz CT molecular complexity index is 399. The molecule has 0 spiro atoms. The smallest absolute Gasteiger partial charge is 0.221 e. The number of halogens is 1. The number of aryl methyl sites for hydroxylation is 1. The highest BCUT2D eigenvalue weighted by molar-refractivity contribution is 9.10. The van der Waals surface area contributed by atoms with Gasteiger partial charge in [-0.15, -0.1) is 0 Å². The van der Waals surface area contributed by atoms with E-state index in [0.717, 1.165) is 15.9 Å². The molecular formula is C12H18BrN3O2. The van der Waals surface area contributed by atoms with Gasteiger partial charge in [0.1, 0.15) is 5.82 Å². The van der Waals surface area contributed by atoms with Gasteiger partial charge in [0.15, 0.2) is 0 Å². The third kappa shape index (κ3) is 5.46. The average Bonchev–Trinajstić information content (AvgIpc) is 2.32. The van der Waals surface area contributed by atoms with Crippen LogP contribution in [0, 0.1) is 6.92 Å². The van der Waals surface area contributed by atoms with Crippen molar-refractivity contribution in [3.63, 3.8) is 0 Å². The average molecular weight is 316 g/mol. The number of ether oxygens (including phenoxy) is 1. The van der Waals surface area contributed by atoms with Crippen molar-refractivity contribution in [2.75, 3.05) is 32.1 Å². The Hall–Kier alpha value is -1.14. The molecule has 1 rings (SSSR count). The highest BCUT2D eigenvalue weighted by Gasteiger charge is 2.03. The lowest BCUT2D eigenvalue weighted by atomic mass is 10.3. The third-order valence-corrected chi connectivity index (χ3v) is 2.86. The van der Waals surface area contributed by atoms with E-state index < -0.39 is 0 Å². The Kier molecular flexibility index (Phi) is 6.67. The maximum Gasteiger partial charge on any atom is 0.221 e. The number of nitrogens with zero attached hydrogens (tertiary/aromatic N) is 1.